The summed E-state index contributed by atoms with van der Waals surface area (Å²) in [4.78, 5) is 25.9. The Morgan fingerprint density at radius 3 is 2.12 bits per heavy atom. The average Bonchev–Trinajstić information content (AvgIpc) is 3.23. The van der Waals surface area contributed by atoms with Gasteiger partial charge >= 0.3 is 5.69 Å². The molecule has 166 valence electrons. The Bertz CT molecular complexity index is 1170. The third kappa shape index (κ3) is 4.33. The molecule has 0 radical (unpaired) electrons. The van der Waals surface area contributed by atoms with Gasteiger partial charge in [0.2, 0.25) is 0 Å². The molecule has 2 aromatic carbocycles. The van der Waals surface area contributed by atoms with Gasteiger partial charge in [0.05, 0.1) is 6.61 Å². The molecule has 1 aliphatic heterocycles. The second-order valence-corrected chi connectivity index (χ2v) is 14.4. The van der Waals surface area contributed by atoms with E-state index in [0.717, 1.165) is 11.3 Å². The normalized spacial score (nSPS) is 16.7. The molecule has 1 atom stereocenters. The monoisotopic (exact) mass is 464 g/mol. The van der Waals surface area contributed by atoms with E-state index in [1.165, 1.54) is 16.4 Å². The first-order valence-electron chi connectivity index (χ1n) is 10.7. The van der Waals surface area contributed by atoms with E-state index in [2.05, 4.69) is 80.4 Å². The maximum Gasteiger partial charge on any atom is 0.329 e. The van der Waals surface area contributed by atoms with E-state index in [1.54, 1.807) is 22.5 Å². The quantitative estimate of drug-likeness (QED) is 0.449. The van der Waals surface area contributed by atoms with Gasteiger partial charge in [-0.3, -0.25) is 14.3 Å². The number of thioether (sulfide) groups is 1. The zero-order valence-electron chi connectivity index (χ0n) is 18.6. The van der Waals surface area contributed by atoms with Crippen LogP contribution in [0.25, 0.3) is 0 Å². The third-order valence-electron chi connectivity index (χ3n) is 5.83. The summed E-state index contributed by atoms with van der Waals surface area (Å²) >= 11 is 1.66. The molecule has 1 aliphatic rings. The standard InChI is InChI=1S/C25H28N2O3SSi/c1-25(2,3)32(20-10-6-4-7-11-20,21-12-8-5-9-13-21)30-17-19-16-23(31-18-19)27-15-14-22(28)26-24(27)29/h4-16,23H,17-18H2,1-3H3,(H,26,28,29). The second-order valence-electron chi connectivity index (χ2n) is 9.00. The minimum absolute atomic E-state index is 0.0860. The highest BCUT2D eigenvalue weighted by molar-refractivity contribution is 7.99. The predicted octanol–water partition coefficient (Wildman–Crippen LogP) is 3.29. The van der Waals surface area contributed by atoms with Gasteiger partial charge in [-0.05, 0) is 27.1 Å². The van der Waals surface area contributed by atoms with Gasteiger partial charge in [0.25, 0.3) is 13.9 Å². The van der Waals surface area contributed by atoms with Crippen LogP contribution in [-0.4, -0.2) is 30.2 Å². The fourth-order valence-electron chi connectivity index (χ4n) is 4.33. The van der Waals surface area contributed by atoms with E-state index in [1.807, 2.05) is 12.1 Å². The molecule has 1 N–H and O–H groups in total. The van der Waals surface area contributed by atoms with Crippen LogP contribution in [0.3, 0.4) is 0 Å². The summed E-state index contributed by atoms with van der Waals surface area (Å²) in [6.07, 6.45) is 3.64. The van der Waals surface area contributed by atoms with Crippen molar-refractivity contribution in [3.8, 4) is 0 Å². The summed E-state index contributed by atoms with van der Waals surface area (Å²) < 4.78 is 8.55. The van der Waals surface area contributed by atoms with Crippen molar-refractivity contribution in [2.45, 2.75) is 31.2 Å². The van der Waals surface area contributed by atoms with Crippen molar-refractivity contribution in [2.24, 2.45) is 0 Å². The SMILES string of the molecule is CC(C)(C)[Si](OCC1=CC(n2ccc(=O)[nH]c2=O)SC1)(c1ccccc1)c1ccccc1. The minimum atomic E-state index is -2.60. The minimum Gasteiger partial charge on any atom is -0.403 e. The van der Waals surface area contributed by atoms with Gasteiger partial charge in [-0.15, -0.1) is 11.8 Å². The molecule has 0 saturated heterocycles. The first kappa shape index (κ1) is 22.6. The molecule has 1 aromatic heterocycles. The molecule has 1 unspecified atom stereocenters. The summed E-state index contributed by atoms with van der Waals surface area (Å²) in [6.45, 7) is 7.30. The van der Waals surface area contributed by atoms with Crippen LogP contribution in [0.1, 0.15) is 26.1 Å². The van der Waals surface area contributed by atoms with Crippen molar-refractivity contribution >= 4 is 30.5 Å². The zero-order valence-corrected chi connectivity index (χ0v) is 20.4. The molecule has 5 nitrogen and oxygen atoms in total. The highest BCUT2D eigenvalue weighted by Gasteiger charge is 2.50. The molecule has 7 heteroatoms. The van der Waals surface area contributed by atoms with Gasteiger partial charge in [-0.1, -0.05) is 81.4 Å². The third-order valence-corrected chi connectivity index (χ3v) is 12.1. The van der Waals surface area contributed by atoms with Crippen LogP contribution in [0.2, 0.25) is 5.04 Å². The number of rotatable bonds is 6. The van der Waals surface area contributed by atoms with Crippen molar-refractivity contribution in [3.63, 3.8) is 0 Å². The van der Waals surface area contributed by atoms with E-state index >= 15 is 0 Å². The zero-order chi connectivity index (χ0) is 22.8. The van der Waals surface area contributed by atoms with Crippen LogP contribution >= 0.6 is 11.8 Å². The van der Waals surface area contributed by atoms with E-state index in [-0.39, 0.29) is 21.7 Å². The molecule has 0 aliphatic carbocycles. The highest BCUT2D eigenvalue weighted by Crippen LogP contribution is 2.38. The smallest absolute Gasteiger partial charge is 0.329 e. The number of hydrogen-bond donors (Lipinski definition) is 1. The molecule has 4 rings (SSSR count). The number of aromatic amines is 1. The number of H-pyrrole nitrogens is 1. The largest absolute Gasteiger partial charge is 0.403 e. The van der Waals surface area contributed by atoms with Crippen molar-refractivity contribution < 1.29 is 4.43 Å². The van der Waals surface area contributed by atoms with E-state index in [9.17, 15) is 9.59 Å². The molecule has 2 heterocycles. The van der Waals surface area contributed by atoms with Crippen LogP contribution in [0, 0.1) is 0 Å². The number of aromatic nitrogens is 2. The molecule has 32 heavy (non-hydrogen) atoms. The average molecular weight is 465 g/mol. The van der Waals surface area contributed by atoms with Crippen LogP contribution < -0.4 is 21.6 Å². The lowest BCUT2D eigenvalue weighted by Crippen LogP contribution is -2.66. The molecule has 0 saturated carbocycles. The van der Waals surface area contributed by atoms with Crippen LogP contribution in [0.15, 0.2) is 94.2 Å². The molecule has 3 aromatic rings. The van der Waals surface area contributed by atoms with Gasteiger partial charge in [0.1, 0.15) is 5.37 Å². The lowest BCUT2D eigenvalue weighted by molar-refractivity contribution is 0.330. The van der Waals surface area contributed by atoms with E-state index in [0.29, 0.717) is 6.61 Å². The fraction of sp³-hybridized carbons (Fsp3) is 0.280. The molecule has 0 amide bonds. The van der Waals surface area contributed by atoms with E-state index in [4.69, 9.17) is 4.43 Å². The van der Waals surface area contributed by atoms with Gasteiger partial charge < -0.3 is 4.43 Å². The summed E-state index contributed by atoms with van der Waals surface area (Å²) in [5.41, 5.74) is 0.389. The molecule has 0 bridgehead atoms. The summed E-state index contributed by atoms with van der Waals surface area (Å²) in [6, 6.07) is 22.5. The number of nitrogens with one attached hydrogen (secondary N) is 1. The molecular weight excluding hydrogens is 436 g/mol. The number of hydrogen-bond acceptors (Lipinski definition) is 4. The number of nitrogens with zero attached hydrogens (tertiary/aromatic N) is 1. The Morgan fingerprint density at radius 1 is 1.00 bits per heavy atom. The van der Waals surface area contributed by atoms with E-state index < -0.39 is 8.32 Å². The summed E-state index contributed by atoms with van der Waals surface area (Å²) in [5.74, 6) is 0.786. The summed E-state index contributed by atoms with van der Waals surface area (Å²) in [5, 5.41) is 2.27. The van der Waals surface area contributed by atoms with Crippen molar-refractivity contribution in [1.82, 2.24) is 9.55 Å². The van der Waals surface area contributed by atoms with Crippen molar-refractivity contribution in [3.05, 3.63) is 105 Å². The van der Waals surface area contributed by atoms with Gasteiger partial charge in [-0.2, -0.15) is 0 Å². The van der Waals surface area contributed by atoms with Crippen molar-refractivity contribution in [2.75, 3.05) is 12.4 Å². The predicted molar refractivity (Wildman–Crippen MR) is 134 cm³/mol. The topological polar surface area (TPSA) is 64.1 Å². The number of benzene rings is 2. The van der Waals surface area contributed by atoms with Crippen LogP contribution in [-0.2, 0) is 4.43 Å². The van der Waals surface area contributed by atoms with Crippen LogP contribution in [0.4, 0.5) is 0 Å². The summed E-state index contributed by atoms with van der Waals surface area (Å²) in [7, 11) is -2.60. The fourth-order valence-corrected chi connectivity index (χ4v) is 10.1. The maximum atomic E-state index is 12.2. The maximum absolute atomic E-state index is 12.2. The van der Waals surface area contributed by atoms with Gasteiger partial charge in [0, 0.05) is 18.0 Å². The molecule has 0 spiro atoms. The Morgan fingerprint density at radius 2 is 1.59 bits per heavy atom. The first-order valence-corrected chi connectivity index (χ1v) is 13.6. The van der Waals surface area contributed by atoms with Gasteiger partial charge in [-0.25, -0.2) is 4.79 Å². The van der Waals surface area contributed by atoms with Crippen molar-refractivity contribution in [1.29, 1.82) is 0 Å². The Kier molecular flexibility index (Phi) is 6.42. The Balaban J connectivity index is 1.68. The molecule has 0 fully saturated rings. The lowest BCUT2D eigenvalue weighted by Gasteiger charge is -2.43. The van der Waals surface area contributed by atoms with Gasteiger partial charge in [0.15, 0.2) is 0 Å². The first-order chi connectivity index (χ1) is 15.3. The lowest BCUT2D eigenvalue weighted by atomic mass is 10.2. The Hall–Kier alpha value is -2.61. The van der Waals surface area contributed by atoms with Crippen LogP contribution in [0.5, 0.6) is 0 Å². The second kappa shape index (κ2) is 9.09. The molecular formula is C25H28N2O3SSi. The Labute approximate surface area is 193 Å². The highest BCUT2D eigenvalue weighted by atomic mass is 32.2.